The van der Waals surface area contributed by atoms with Gasteiger partial charge >= 0.3 is 0 Å². The number of nitrogens with one attached hydrogen (secondary N) is 1. The zero-order valence-corrected chi connectivity index (χ0v) is 13.6. The Labute approximate surface area is 133 Å². The Morgan fingerprint density at radius 2 is 2.09 bits per heavy atom. The van der Waals surface area contributed by atoms with Crippen molar-refractivity contribution in [1.82, 2.24) is 29.7 Å². The standard InChI is InChI=1S/C14H20N6OS/c1-3-19-4-6-20(7-5-19)14(21)10(2)22-13-11-12(16-8-15-11)17-9-18-13/h8-10H,3-7H2,1-2H3,(H,15,16,17,18)/t10-/m0/s1. The highest BCUT2D eigenvalue weighted by atomic mass is 32.2. The molecule has 1 saturated heterocycles. The Kier molecular flexibility index (Phi) is 4.58. The van der Waals surface area contributed by atoms with E-state index in [1.807, 2.05) is 11.8 Å². The summed E-state index contributed by atoms with van der Waals surface area (Å²) in [7, 11) is 0. The number of hydrogen-bond acceptors (Lipinski definition) is 6. The molecule has 3 rings (SSSR count). The molecule has 2 aromatic rings. The van der Waals surface area contributed by atoms with Crippen LogP contribution in [-0.4, -0.2) is 73.6 Å². The average molecular weight is 320 g/mol. The number of imidazole rings is 1. The molecule has 1 fully saturated rings. The summed E-state index contributed by atoms with van der Waals surface area (Å²) in [6, 6.07) is 0. The number of likely N-dealkylation sites (N-methyl/N-ethyl adjacent to an activating group) is 1. The molecule has 0 saturated carbocycles. The van der Waals surface area contributed by atoms with Crippen molar-refractivity contribution in [2.75, 3.05) is 32.7 Å². The second-order valence-electron chi connectivity index (χ2n) is 5.30. The van der Waals surface area contributed by atoms with E-state index in [1.165, 1.54) is 18.1 Å². The number of piperazine rings is 1. The van der Waals surface area contributed by atoms with Crippen molar-refractivity contribution in [2.45, 2.75) is 24.1 Å². The zero-order chi connectivity index (χ0) is 15.5. The number of rotatable bonds is 4. The summed E-state index contributed by atoms with van der Waals surface area (Å²) in [6.45, 7) is 8.66. The van der Waals surface area contributed by atoms with Gasteiger partial charge in [-0.3, -0.25) is 4.79 Å². The summed E-state index contributed by atoms with van der Waals surface area (Å²) in [6.07, 6.45) is 3.09. The van der Waals surface area contributed by atoms with Gasteiger partial charge in [0.15, 0.2) is 5.65 Å². The maximum atomic E-state index is 12.6. The average Bonchev–Trinajstić information content (AvgIpc) is 3.04. The molecule has 0 aromatic carbocycles. The molecule has 1 aliphatic heterocycles. The van der Waals surface area contributed by atoms with E-state index in [1.54, 1.807) is 6.33 Å². The van der Waals surface area contributed by atoms with E-state index in [-0.39, 0.29) is 11.2 Å². The molecule has 7 nitrogen and oxygen atoms in total. The highest BCUT2D eigenvalue weighted by molar-refractivity contribution is 8.00. The molecule has 1 aliphatic rings. The summed E-state index contributed by atoms with van der Waals surface area (Å²) in [5.41, 5.74) is 1.43. The van der Waals surface area contributed by atoms with Gasteiger partial charge in [0.05, 0.1) is 11.6 Å². The van der Waals surface area contributed by atoms with Gasteiger partial charge in [0.2, 0.25) is 5.91 Å². The van der Waals surface area contributed by atoms with Crippen LogP contribution in [0.4, 0.5) is 0 Å². The molecular weight excluding hydrogens is 300 g/mol. The largest absolute Gasteiger partial charge is 0.341 e. The highest BCUT2D eigenvalue weighted by Crippen LogP contribution is 2.27. The van der Waals surface area contributed by atoms with Crippen molar-refractivity contribution in [3.05, 3.63) is 12.7 Å². The minimum Gasteiger partial charge on any atom is -0.341 e. The minimum atomic E-state index is -0.172. The number of nitrogens with zero attached hydrogens (tertiary/aromatic N) is 5. The summed E-state index contributed by atoms with van der Waals surface area (Å²) in [4.78, 5) is 32.4. The lowest BCUT2D eigenvalue weighted by Crippen LogP contribution is -2.50. The van der Waals surface area contributed by atoms with Crippen LogP contribution >= 0.6 is 11.8 Å². The summed E-state index contributed by atoms with van der Waals surface area (Å²) in [5, 5.41) is 0.602. The third-order valence-corrected chi connectivity index (χ3v) is 5.04. The van der Waals surface area contributed by atoms with Gasteiger partial charge in [0.25, 0.3) is 0 Å². The van der Waals surface area contributed by atoms with Crippen LogP contribution in [0.2, 0.25) is 0 Å². The van der Waals surface area contributed by atoms with E-state index in [0.717, 1.165) is 43.3 Å². The Bertz CT molecular complexity index is 652. The molecule has 0 aliphatic carbocycles. The Morgan fingerprint density at radius 1 is 1.32 bits per heavy atom. The fraction of sp³-hybridized carbons (Fsp3) is 0.571. The molecule has 2 aromatic heterocycles. The third kappa shape index (κ3) is 3.07. The molecule has 8 heteroatoms. The first-order valence-corrected chi connectivity index (χ1v) is 8.39. The lowest BCUT2D eigenvalue weighted by Gasteiger charge is -2.35. The number of aromatic nitrogens is 4. The maximum absolute atomic E-state index is 12.6. The van der Waals surface area contributed by atoms with Crippen LogP contribution in [0.15, 0.2) is 17.7 Å². The van der Waals surface area contributed by atoms with Gasteiger partial charge in [-0.25, -0.2) is 15.0 Å². The van der Waals surface area contributed by atoms with Gasteiger partial charge in [0, 0.05) is 26.2 Å². The van der Waals surface area contributed by atoms with Crippen molar-refractivity contribution in [1.29, 1.82) is 0 Å². The van der Waals surface area contributed by atoms with Crippen LogP contribution in [0.3, 0.4) is 0 Å². The summed E-state index contributed by atoms with van der Waals surface area (Å²) < 4.78 is 0. The van der Waals surface area contributed by atoms with Gasteiger partial charge in [-0.05, 0) is 13.5 Å². The Hall–Kier alpha value is -1.67. The van der Waals surface area contributed by atoms with E-state index in [4.69, 9.17) is 0 Å². The fourth-order valence-corrected chi connectivity index (χ4v) is 3.55. The zero-order valence-electron chi connectivity index (χ0n) is 12.8. The van der Waals surface area contributed by atoms with Gasteiger partial charge in [-0.15, -0.1) is 0 Å². The number of fused-ring (bicyclic) bond motifs is 1. The van der Waals surface area contributed by atoms with Gasteiger partial charge < -0.3 is 14.8 Å². The first kappa shape index (κ1) is 15.2. The second kappa shape index (κ2) is 6.62. The molecule has 0 bridgehead atoms. The quantitative estimate of drug-likeness (QED) is 0.669. The van der Waals surface area contributed by atoms with Crippen LogP contribution < -0.4 is 0 Å². The van der Waals surface area contributed by atoms with E-state index >= 15 is 0 Å². The molecule has 1 N–H and O–H groups in total. The van der Waals surface area contributed by atoms with E-state index in [2.05, 4.69) is 31.8 Å². The maximum Gasteiger partial charge on any atom is 0.235 e. The molecule has 3 heterocycles. The van der Waals surface area contributed by atoms with Crippen LogP contribution in [0, 0.1) is 0 Å². The number of hydrogen-bond donors (Lipinski definition) is 1. The van der Waals surface area contributed by atoms with Crippen molar-refractivity contribution in [3.8, 4) is 0 Å². The van der Waals surface area contributed by atoms with E-state index in [0.29, 0.717) is 5.65 Å². The molecule has 0 unspecified atom stereocenters. The predicted octanol–water partition coefficient (Wildman–Crippen LogP) is 0.998. The topological polar surface area (TPSA) is 78.0 Å². The SMILES string of the molecule is CCN1CCN(C(=O)[C@H](C)Sc2ncnc3nc[nH]c23)CC1. The number of aromatic amines is 1. The van der Waals surface area contributed by atoms with Crippen molar-refractivity contribution in [2.24, 2.45) is 0 Å². The first-order chi connectivity index (χ1) is 10.7. The van der Waals surface area contributed by atoms with Gasteiger partial charge in [-0.1, -0.05) is 18.7 Å². The number of thioether (sulfide) groups is 1. The molecule has 118 valence electrons. The summed E-state index contributed by atoms with van der Waals surface area (Å²) >= 11 is 1.46. The van der Waals surface area contributed by atoms with Crippen molar-refractivity contribution < 1.29 is 4.79 Å². The molecule has 22 heavy (non-hydrogen) atoms. The fourth-order valence-electron chi connectivity index (χ4n) is 2.59. The molecule has 1 atom stereocenters. The van der Waals surface area contributed by atoms with Gasteiger partial charge in [-0.2, -0.15) is 0 Å². The minimum absolute atomic E-state index is 0.172. The number of carbonyl (C=O) groups excluding carboxylic acids is 1. The molecular formula is C14H20N6OS. The monoisotopic (exact) mass is 320 g/mol. The number of H-pyrrole nitrogens is 1. The molecule has 0 radical (unpaired) electrons. The van der Waals surface area contributed by atoms with Crippen LogP contribution in [0.25, 0.3) is 11.2 Å². The highest BCUT2D eigenvalue weighted by Gasteiger charge is 2.26. The van der Waals surface area contributed by atoms with E-state index < -0.39 is 0 Å². The van der Waals surface area contributed by atoms with E-state index in [9.17, 15) is 4.79 Å². The molecule has 0 spiro atoms. The van der Waals surface area contributed by atoms with Crippen LogP contribution in [0.1, 0.15) is 13.8 Å². The Morgan fingerprint density at radius 3 is 2.82 bits per heavy atom. The van der Waals surface area contributed by atoms with Crippen LogP contribution in [-0.2, 0) is 4.79 Å². The lowest BCUT2D eigenvalue weighted by molar-refractivity contribution is -0.132. The number of carbonyl (C=O) groups is 1. The predicted molar refractivity (Wildman–Crippen MR) is 85.7 cm³/mol. The number of amides is 1. The van der Waals surface area contributed by atoms with Crippen molar-refractivity contribution >= 4 is 28.8 Å². The Balaban J connectivity index is 1.65. The third-order valence-electron chi connectivity index (χ3n) is 3.96. The van der Waals surface area contributed by atoms with Crippen molar-refractivity contribution in [3.63, 3.8) is 0 Å². The van der Waals surface area contributed by atoms with Crippen LogP contribution in [0.5, 0.6) is 0 Å². The summed E-state index contributed by atoms with van der Waals surface area (Å²) in [5.74, 6) is 0.173. The second-order valence-corrected chi connectivity index (χ2v) is 6.63. The normalized spacial score (nSPS) is 17.8. The first-order valence-electron chi connectivity index (χ1n) is 7.51. The lowest BCUT2D eigenvalue weighted by atomic mass is 10.3. The smallest absolute Gasteiger partial charge is 0.235 e. The van der Waals surface area contributed by atoms with Gasteiger partial charge in [0.1, 0.15) is 16.9 Å². The molecule has 1 amide bonds.